The Morgan fingerprint density at radius 2 is 1.79 bits per heavy atom. The molecule has 154 valence electrons. The highest BCUT2D eigenvalue weighted by atomic mass is 16.5. The molecule has 0 fully saturated rings. The van der Waals surface area contributed by atoms with Crippen molar-refractivity contribution in [1.29, 1.82) is 0 Å². The Labute approximate surface area is 168 Å². The highest BCUT2D eigenvalue weighted by Gasteiger charge is 2.42. The molecule has 1 N–H and O–H groups in total. The van der Waals surface area contributed by atoms with Gasteiger partial charge in [0, 0.05) is 13.0 Å². The quantitative estimate of drug-likeness (QED) is 0.575. The van der Waals surface area contributed by atoms with Gasteiger partial charge in [0.2, 0.25) is 0 Å². The van der Waals surface area contributed by atoms with Crippen LogP contribution in [0.25, 0.3) is 0 Å². The van der Waals surface area contributed by atoms with Crippen molar-refractivity contribution in [3.8, 4) is 5.75 Å². The number of amides is 1. The SMILES string of the molecule is CCCCCN1C(=O)C(O)=C(C(=O)CC(C)C)C1c1ccc(OC(C)C)cc1. The first-order valence-electron chi connectivity index (χ1n) is 10.3. The van der Waals surface area contributed by atoms with E-state index in [1.807, 2.05) is 52.0 Å². The second-order valence-corrected chi connectivity index (χ2v) is 8.13. The van der Waals surface area contributed by atoms with E-state index < -0.39 is 17.7 Å². The van der Waals surface area contributed by atoms with Gasteiger partial charge >= 0.3 is 0 Å². The number of carbonyl (C=O) groups is 2. The van der Waals surface area contributed by atoms with Crippen molar-refractivity contribution in [2.45, 2.75) is 72.4 Å². The highest BCUT2D eigenvalue weighted by molar-refractivity contribution is 6.09. The number of benzene rings is 1. The van der Waals surface area contributed by atoms with Gasteiger partial charge in [0.05, 0.1) is 17.7 Å². The molecule has 2 rings (SSSR count). The number of hydrogen-bond acceptors (Lipinski definition) is 4. The predicted molar refractivity (Wildman–Crippen MR) is 110 cm³/mol. The maximum absolute atomic E-state index is 12.9. The van der Waals surface area contributed by atoms with E-state index in [9.17, 15) is 14.7 Å². The largest absolute Gasteiger partial charge is 0.503 e. The Kier molecular flexibility index (Phi) is 7.67. The van der Waals surface area contributed by atoms with Gasteiger partial charge in [0.1, 0.15) is 5.75 Å². The van der Waals surface area contributed by atoms with Crippen LogP contribution in [-0.4, -0.2) is 34.3 Å². The number of hydrogen-bond donors (Lipinski definition) is 1. The monoisotopic (exact) mass is 387 g/mol. The van der Waals surface area contributed by atoms with Crippen LogP contribution >= 0.6 is 0 Å². The molecule has 1 aliphatic heterocycles. The smallest absolute Gasteiger partial charge is 0.290 e. The van der Waals surface area contributed by atoms with Crippen molar-refractivity contribution in [2.24, 2.45) is 5.92 Å². The van der Waals surface area contributed by atoms with Crippen LogP contribution in [0.1, 0.15) is 71.9 Å². The standard InChI is InChI=1S/C23H33NO4/c1-6-7-8-13-24-21(17-9-11-18(12-10-17)28-16(4)5)20(22(26)23(24)27)19(25)14-15(2)3/h9-12,15-16,21,26H,6-8,13-14H2,1-5H3. The maximum atomic E-state index is 12.9. The second-order valence-electron chi connectivity index (χ2n) is 8.13. The van der Waals surface area contributed by atoms with Gasteiger partial charge in [-0.25, -0.2) is 0 Å². The fraction of sp³-hybridized carbons (Fsp3) is 0.565. The first-order valence-corrected chi connectivity index (χ1v) is 10.3. The van der Waals surface area contributed by atoms with Gasteiger partial charge in [0.25, 0.3) is 5.91 Å². The summed E-state index contributed by atoms with van der Waals surface area (Å²) in [6.45, 7) is 10.5. The van der Waals surface area contributed by atoms with Crippen LogP contribution in [-0.2, 0) is 9.59 Å². The molecule has 1 unspecified atom stereocenters. The van der Waals surface area contributed by atoms with E-state index in [0.29, 0.717) is 13.0 Å². The van der Waals surface area contributed by atoms with E-state index >= 15 is 0 Å². The number of ether oxygens (including phenoxy) is 1. The summed E-state index contributed by atoms with van der Waals surface area (Å²) in [5.74, 6) is -0.111. The third-order valence-electron chi connectivity index (χ3n) is 4.77. The Balaban J connectivity index is 2.38. The van der Waals surface area contributed by atoms with Gasteiger partial charge in [-0.2, -0.15) is 0 Å². The molecular formula is C23H33NO4. The van der Waals surface area contributed by atoms with Crippen molar-refractivity contribution in [3.63, 3.8) is 0 Å². The molecule has 0 bridgehead atoms. The van der Waals surface area contributed by atoms with Crippen LogP contribution < -0.4 is 4.74 Å². The number of carbonyl (C=O) groups excluding carboxylic acids is 2. The van der Waals surface area contributed by atoms with Gasteiger partial charge in [0.15, 0.2) is 11.5 Å². The van der Waals surface area contributed by atoms with E-state index in [2.05, 4.69) is 6.92 Å². The van der Waals surface area contributed by atoms with Crippen LogP contribution in [0.4, 0.5) is 0 Å². The zero-order valence-corrected chi connectivity index (χ0v) is 17.7. The van der Waals surface area contributed by atoms with Crippen molar-refractivity contribution < 1.29 is 19.4 Å². The Bertz CT molecular complexity index is 719. The normalized spacial score (nSPS) is 17.2. The van der Waals surface area contributed by atoms with Crippen LogP contribution in [0, 0.1) is 5.92 Å². The van der Waals surface area contributed by atoms with Crippen LogP contribution in [0.3, 0.4) is 0 Å². The van der Waals surface area contributed by atoms with Gasteiger partial charge in [-0.05, 0) is 43.9 Å². The third-order valence-corrected chi connectivity index (χ3v) is 4.77. The Morgan fingerprint density at radius 1 is 1.14 bits per heavy atom. The van der Waals surface area contributed by atoms with Crippen molar-refractivity contribution in [2.75, 3.05) is 6.54 Å². The predicted octanol–water partition coefficient (Wildman–Crippen LogP) is 4.97. The lowest BCUT2D eigenvalue weighted by Gasteiger charge is -2.27. The summed E-state index contributed by atoms with van der Waals surface area (Å²) in [4.78, 5) is 27.2. The summed E-state index contributed by atoms with van der Waals surface area (Å²) in [7, 11) is 0. The maximum Gasteiger partial charge on any atom is 0.290 e. The first-order chi connectivity index (χ1) is 13.3. The molecular weight excluding hydrogens is 354 g/mol. The van der Waals surface area contributed by atoms with E-state index in [1.54, 1.807) is 4.90 Å². The number of rotatable bonds is 10. The van der Waals surface area contributed by atoms with Crippen molar-refractivity contribution in [3.05, 3.63) is 41.2 Å². The Hall–Kier alpha value is -2.30. The topological polar surface area (TPSA) is 66.8 Å². The summed E-state index contributed by atoms with van der Waals surface area (Å²) in [5, 5.41) is 10.5. The van der Waals surface area contributed by atoms with Crippen LogP contribution in [0.15, 0.2) is 35.6 Å². The minimum atomic E-state index is -0.538. The fourth-order valence-electron chi connectivity index (χ4n) is 3.53. The molecule has 0 aliphatic carbocycles. The average molecular weight is 388 g/mol. The first kappa shape index (κ1) is 22.0. The molecule has 1 amide bonds. The van der Waals surface area contributed by atoms with E-state index in [4.69, 9.17) is 4.74 Å². The average Bonchev–Trinajstić information content (AvgIpc) is 2.86. The fourth-order valence-corrected chi connectivity index (χ4v) is 3.53. The molecule has 1 aromatic carbocycles. The van der Waals surface area contributed by atoms with E-state index in [1.165, 1.54) is 0 Å². The lowest BCUT2D eigenvalue weighted by atomic mass is 9.92. The molecule has 1 aromatic rings. The van der Waals surface area contributed by atoms with Crippen LogP contribution in [0.2, 0.25) is 0 Å². The molecule has 28 heavy (non-hydrogen) atoms. The van der Waals surface area contributed by atoms with Gasteiger partial charge in [-0.3, -0.25) is 9.59 Å². The molecule has 5 nitrogen and oxygen atoms in total. The second kappa shape index (κ2) is 9.76. The molecule has 1 aliphatic rings. The number of unbranched alkanes of at least 4 members (excludes halogenated alkanes) is 2. The van der Waals surface area contributed by atoms with Crippen LogP contribution in [0.5, 0.6) is 5.75 Å². The zero-order chi connectivity index (χ0) is 20.8. The highest BCUT2D eigenvalue weighted by Crippen LogP contribution is 2.39. The molecule has 1 heterocycles. The number of aliphatic hydroxyl groups is 1. The third kappa shape index (κ3) is 5.15. The summed E-state index contributed by atoms with van der Waals surface area (Å²) >= 11 is 0. The summed E-state index contributed by atoms with van der Waals surface area (Å²) in [6.07, 6.45) is 3.24. The molecule has 0 saturated carbocycles. The van der Waals surface area contributed by atoms with Crippen molar-refractivity contribution >= 4 is 11.7 Å². The van der Waals surface area contributed by atoms with E-state index in [-0.39, 0.29) is 23.4 Å². The van der Waals surface area contributed by atoms with Gasteiger partial charge in [-0.15, -0.1) is 0 Å². The zero-order valence-electron chi connectivity index (χ0n) is 17.7. The molecule has 0 saturated heterocycles. The number of ketones is 1. The minimum absolute atomic E-state index is 0.0663. The van der Waals surface area contributed by atoms with Crippen molar-refractivity contribution in [1.82, 2.24) is 4.90 Å². The number of Topliss-reactive ketones (excluding diaryl/α,β-unsaturated/α-hetero) is 1. The Morgan fingerprint density at radius 3 is 2.32 bits per heavy atom. The lowest BCUT2D eigenvalue weighted by molar-refractivity contribution is -0.129. The number of aliphatic hydroxyl groups excluding tert-OH is 1. The lowest BCUT2D eigenvalue weighted by Crippen LogP contribution is -2.32. The minimum Gasteiger partial charge on any atom is -0.503 e. The van der Waals surface area contributed by atoms with Gasteiger partial charge in [-0.1, -0.05) is 45.7 Å². The summed E-state index contributed by atoms with van der Waals surface area (Å²) in [6, 6.07) is 6.92. The molecule has 0 aromatic heterocycles. The molecule has 0 spiro atoms. The molecule has 1 atom stereocenters. The molecule has 5 heteroatoms. The summed E-state index contributed by atoms with van der Waals surface area (Å²) in [5.41, 5.74) is 1.05. The summed E-state index contributed by atoms with van der Waals surface area (Å²) < 4.78 is 5.70. The van der Waals surface area contributed by atoms with Gasteiger partial charge < -0.3 is 14.7 Å². The molecule has 0 radical (unpaired) electrons. The van der Waals surface area contributed by atoms with E-state index in [0.717, 1.165) is 30.6 Å². The number of nitrogens with zero attached hydrogens (tertiary/aromatic N) is 1.